The topological polar surface area (TPSA) is 27.0 Å². The van der Waals surface area contributed by atoms with Crippen molar-refractivity contribution < 1.29 is 0 Å². The van der Waals surface area contributed by atoms with Gasteiger partial charge in [-0.15, -0.1) is 6.42 Å². The lowest BCUT2D eigenvalue weighted by Crippen LogP contribution is -2.18. The van der Waals surface area contributed by atoms with Crippen molar-refractivity contribution in [2.45, 2.75) is 108 Å². The van der Waals surface area contributed by atoms with Crippen molar-refractivity contribution in [2.24, 2.45) is 0 Å². The van der Waals surface area contributed by atoms with Gasteiger partial charge in [0.15, 0.2) is 0 Å². The molecule has 338 valence electrons. The second-order valence-electron chi connectivity index (χ2n) is 19.1. The molecule has 7 aromatic carbocycles. The first-order chi connectivity index (χ1) is 31.9. The van der Waals surface area contributed by atoms with E-state index in [1.165, 1.54) is 94.7 Å². The van der Waals surface area contributed by atoms with Gasteiger partial charge >= 0.3 is 0 Å². The maximum absolute atomic E-state index is 8.38. The third kappa shape index (κ3) is 10.5. The molecule has 2 nitrogen and oxygen atoms in total. The summed E-state index contributed by atoms with van der Waals surface area (Å²) in [6.07, 6.45) is 10.5. The van der Waals surface area contributed by atoms with E-state index in [2.05, 4.69) is 208 Å². The van der Waals surface area contributed by atoms with Gasteiger partial charge in [-0.2, -0.15) is 5.26 Å². The van der Waals surface area contributed by atoms with E-state index in [1.807, 2.05) is 57.2 Å². The van der Waals surface area contributed by atoms with Gasteiger partial charge in [0.05, 0.1) is 11.6 Å². The Morgan fingerprint density at radius 1 is 0.537 bits per heavy atom. The number of hydrogen-bond donors (Lipinski definition) is 0. The lowest BCUT2D eigenvalue weighted by atomic mass is 9.78. The molecule has 7 aromatic rings. The summed E-state index contributed by atoms with van der Waals surface area (Å²) in [6.45, 7) is 30.7. The van der Waals surface area contributed by atoms with Crippen LogP contribution in [0.25, 0.3) is 22.8 Å². The molecule has 0 aromatic heterocycles. The molecular formula is C65H68N2. The number of hydrogen-bond acceptors (Lipinski definition) is 2. The Labute approximate surface area is 403 Å². The molecule has 0 radical (unpaired) electrons. The van der Waals surface area contributed by atoms with Crippen LogP contribution in [-0.2, 0) is 10.8 Å². The fraction of sp³-hybridized carbons (Fsp3) is 0.246. The van der Waals surface area contributed by atoms with E-state index in [0.29, 0.717) is 0 Å². The number of fused-ring (bicyclic) bond motifs is 4. The van der Waals surface area contributed by atoms with Crippen LogP contribution in [0.3, 0.4) is 0 Å². The molecule has 0 aliphatic heterocycles. The summed E-state index contributed by atoms with van der Waals surface area (Å²) in [6, 6.07) is 51.7. The molecule has 0 fully saturated rings. The van der Waals surface area contributed by atoms with Gasteiger partial charge in [0.2, 0.25) is 0 Å². The molecule has 0 amide bonds. The van der Waals surface area contributed by atoms with E-state index >= 15 is 0 Å². The number of allylic oxidation sites excluding steroid dienone is 3. The highest BCUT2D eigenvalue weighted by Crippen LogP contribution is 2.54. The fourth-order valence-electron chi connectivity index (χ4n) is 9.35. The minimum absolute atomic E-state index is 0.0918. The minimum Gasteiger partial charge on any atom is -0.310 e. The molecule has 0 atom stereocenters. The van der Waals surface area contributed by atoms with Crippen molar-refractivity contribution in [3.63, 3.8) is 0 Å². The van der Waals surface area contributed by atoms with E-state index < -0.39 is 0 Å². The molecular weight excluding hydrogens is 809 g/mol. The van der Waals surface area contributed by atoms with Crippen LogP contribution in [0.5, 0.6) is 0 Å². The van der Waals surface area contributed by atoms with Crippen LogP contribution in [0.4, 0.5) is 17.1 Å². The highest BCUT2D eigenvalue weighted by molar-refractivity contribution is 5.89. The van der Waals surface area contributed by atoms with Crippen molar-refractivity contribution in [1.29, 1.82) is 5.26 Å². The number of terminal acetylenes is 1. The molecule has 0 unspecified atom stereocenters. The molecule has 0 heterocycles. The first-order valence-corrected chi connectivity index (χ1v) is 23.7. The predicted octanol–water partition coefficient (Wildman–Crippen LogP) is 17.7. The molecule has 2 aliphatic rings. The summed E-state index contributed by atoms with van der Waals surface area (Å²) in [5, 5.41) is 8.38. The molecule has 2 heteroatoms. The van der Waals surface area contributed by atoms with Crippen molar-refractivity contribution in [1.82, 2.24) is 0 Å². The Balaban J connectivity index is 0.000000306. The zero-order chi connectivity index (χ0) is 48.8. The monoisotopic (exact) mass is 877 g/mol. The molecule has 2 aliphatic carbocycles. The van der Waals surface area contributed by atoms with Gasteiger partial charge < -0.3 is 4.90 Å². The Morgan fingerprint density at radius 3 is 1.72 bits per heavy atom. The highest BCUT2D eigenvalue weighted by Gasteiger charge is 2.40. The van der Waals surface area contributed by atoms with E-state index in [4.69, 9.17) is 11.7 Å². The number of nitrogens with zero attached hydrogens (tertiary/aromatic N) is 2. The third-order valence-electron chi connectivity index (χ3n) is 13.5. The predicted molar refractivity (Wildman–Crippen MR) is 290 cm³/mol. The van der Waals surface area contributed by atoms with Crippen LogP contribution in [0.15, 0.2) is 151 Å². The van der Waals surface area contributed by atoms with Gasteiger partial charge in [-0.3, -0.25) is 0 Å². The van der Waals surface area contributed by atoms with Crippen LogP contribution >= 0.6 is 0 Å². The molecule has 0 saturated carbocycles. The Kier molecular flexibility index (Phi) is 15.1. The molecule has 0 N–H and O–H groups in total. The average molecular weight is 877 g/mol. The Bertz CT molecular complexity index is 3060. The second kappa shape index (κ2) is 20.6. The summed E-state index contributed by atoms with van der Waals surface area (Å²) in [7, 11) is 0. The quantitative estimate of drug-likeness (QED) is 0.161. The molecule has 0 bridgehead atoms. The van der Waals surface area contributed by atoms with E-state index in [9.17, 15) is 0 Å². The van der Waals surface area contributed by atoms with Gasteiger partial charge in [0, 0.05) is 33.5 Å². The maximum atomic E-state index is 8.38. The first kappa shape index (κ1) is 49.3. The Hall–Kier alpha value is -7.13. The van der Waals surface area contributed by atoms with Crippen LogP contribution in [0.2, 0.25) is 0 Å². The van der Waals surface area contributed by atoms with Gasteiger partial charge in [0.1, 0.15) is 0 Å². The molecule has 0 saturated heterocycles. The van der Waals surface area contributed by atoms with Gasteiger partial charge in [-0.25, -0.2) is 0 Å². The van der Waals surface area contributed by atoms with Crippen molar-refractivity contribution in [3.8, 4) is 29.5 Å². The van der Waals surface area contributed by atoms with Crippen molar-refractivity contribution >= 4 is 28.7 Å². The SMILES string of the molecule is C#Cc1ccc(N(c2ccc3c(c2)C(C)(C)c2cc4c(cc2-3)C(C)(C)C(/C=C(/C)c2ccccc2C)=C4)c2ccc(C)cc2C)cc1.CC.Cc1ccc(C#N)cc1.Cc1ccc(C)c(C)c1. The van der Waals surface area contributed by atoms with E-state index in [-0.39, 0.29) is 10.8 Å². The fourth-order valence-corrected chi connectivity index (χ4v) is 9.35. The second-order valence-corrected chi connectivity index (χ2v) is 19.1. The van der Waals surface area contributed by atoms with Crippen LogP contribution in [0, 0.1) is 72.1 Å². The normalized spacial score (nSPS) is 13.3. The highest BCUT2D eigenvalue weighted by atomic mass is 15.1. The standard InChI is InChI=1S/C46H43N.C9H12.C8H7N.C2H6/c1-10-33-16-18-36(19-17-33)47(44-22-15-29(2)23-32(44)5)37-20-21-39-40-28-41-34(26-42(40)46(8,9)43(39)27-37)25-35(45(41,6)7)24-31(4)38-14-12-11-13-30(38)3;1-7-4-5-8(2)9(3)6-7;1-7-2-4-8(6-9)5-3-7;1-2/h1,11-28H,2-9H3;4-6H,1-3H3;2-5H,1H3;1-2H3/b31-24-;;;. The van der Waals surface area contributed by atoms with Gasteiger partial charge in [-0.05, 0) is 194 Å². The third-order valence-corrected chi connectivity index (χ3v) is 13.5. The summed E-state index contributed by atoms with van der Waals surface area (Å²) in [5.74, 6) is 2.77. The van der Waals surface area contributed by atoms with Crippen LogP contribution < -0.4 is 4.90 Å². The van der Waals surface area contributed by atoms with Gasteiger partial charge in [-0.1, -0.05) is 149 Å². The number of aryl methyl sites for hydroxylation is 7. The zero-order valence-corrected chi connectivity index (χ0v) is 42.4. The molecule has 9 rings (SSSR count). The summed E-state index contributed by atoms with van der Waals surface area (Å²) >= 11 is 0. The Morgan fingerprint density at radius 2 is 1.12 bits per heavy atom. The maximum Gasteiger partial charge on any atom is 0.0991 e. The van der Waals surface area contributed by atoms with Gasteiger partial charge in [0.25, 0.3) is 0 Å². The van der Waals surface area contributed by atoms with Crippen LogP contribution in [0.1, 0.15) is 126 Å². The lowest BCUT2D eigenvalue weighted by Gasteiger charge is -2.29. The van der Waals surface area contributed by atoms with E-state index in [0.717, 1.165) is 22.5 Å². The van der Waals surface area contributed by atoms with Crippen molar-refractivity contribution in [2.75, 3.05) is 4.90 Å². The summed E-state index contributed by atoms with van der Waals surface area (Å²) in [5.41, 5.74) is 26.1. The van der Waals surface area contributed by atoms with Crippen LogP contribution in [-0.4, -0.2) is 0 Å². The largest absolute Gasteiger partial charge is 0.310 e. The average Bonchev–Trinajstić information content (AvgIpc) is 3.69. The smallest absolute Gasteiger partial charge is 0.0991 e. The molecule has 67 heavy (non-hydrogen) atoms. The number of anilines is 3. The number of nitriles is 1. The lowest BCUT2D eigenvalue weighted by molar-refractivity contribution is 0.647. The summed E-state index contributed by atoms with van der Waals surface area (Å²) < 4.78 is 0. The minimum atomic E-state index is -0.148. The molecule has 0 spiro atoms. The zero-order valence-electron chi connectivity index (χ0n) is 42.4. The summed E-state index contributed by atoms with van der Waals surface area (Å²) in [4.78, 5) is 2.37. The first-order valence-electron chi connectivity index (χ1n) is 23.7. The number of rotatable bonds is 5. The van der Waals surface area contributed by atoms with Crippen molar-refractivity contribution in [3.05, 3.63) is 229 Å². The number of benzene rings is 7. The van der Waals surface area contributed by atoms with E-state index in [1.54, 1.807) is 0 Å².